The molecule has 0 aromatic carbocycles. The molecule has 0 amide bonds. The first-order chi connectivity index (χ1) is 9.91. The van der Waals surface area contributed by atoms with E-state index in [0.717, 1.165) is 45.1 Å². The number of hydrogen-bond donors (Lipinski definition) is 1. The molecule has 2 aliphatic rings. The van der Waals surface area contributed by atoms with Gasteiger partial charge in [-0.15, -0.1) is 0 Å². The lowest BCUT2D eigenvalue weighted by Gasteiger charge is -2.44. The van der Waals surface area contributed by atoms with Gasteiger partial charge in [0.2, 0.25) is 0 Å². The highest BCUT2D eigenvalue weighted by Crippen LogP contribution is 2.40. The van der Waals surface area contributed by atoms with E-state index in [1.807, 2.05) is 0 Å². The summed E-state index contributed by atoms with van der Waals surface area (Å²) in [4.78, 5) is 2.39. The molecule has 0 spiro atoms. The van der Waals surface area contributed by atoms with E-state index in [1.165, 1.54) is 0 Å². The van der Waals surface area contributed by atoms with E-state index >= 15 is 0 Å². The van der Waals surface area contributed by atoms with Crippen LogP contribution in [0.25, 0.3) is 0 Å². The number of alkyl halides is 3. The lowest BCUT2D eigenvalue weighted by Crippen LogP contribution is -2.49. The topological polar surface area (TPSA) is 29.3 Å². The van der Waals surface area contributed by atoms with Crippen molar-refractivity contribution < 1.29 is 13.2 Å². The van der Waals surface area contributed by atoms with E-state index < -0.39 is 12.1 Å². The van der Waals surface area contributed by atoms with Crippen LogP contribution in [-0.2, 0) is 0 Å². The Morgan fingerprint density at radius 3 is 2.24 bits per heavy atom. The van der Waals surface area contributed by atoms with Crippen LogP contribution in [0.1, 0.15) is 64.7 Å². The number of hydrogen-bond acceptors (Lipinski definition) is 2. The normalized spacial score (nSPS) is 35.1. The largest absolute Gasteiger partial charge is 0.391 e. The molecule has 124 valence electrons. The van der Waals surface area contributed by atoms with Crippen molar-refractivity contribution in [3.05, 3.63) is 0 Å². The summed E-state index contributed by atoms with van der Waals surface area (Å²) in [5.41, 5.74) is 5.96. The van der Waals surface area contributed by atoms with E-state index in [2.05, 4.69) is 11.8 Å². The quantitative estimate of drug-likeness (QED) is 0.847. The molecule has 2 fully saturated rings. The Hall–Kier alpha value is -0.290. The molecule has 0 heterocycles. The maximum Gasteiger partial charge on any atom is 0.391 e. The van der Waals surface area contributed by atoms with Gasteiger partial charge in [-0.25, -0.2) is 0 Å². The van der Waals surface area contributed by atoms with Crippen molar-refractivity contribution in [3.63, 3.8) is 0 Å². The van der Waals surface area contributed by atoms with Gasteiger partial charge in [-0.2, -0.15) is 13.2 Å². The molecule has 2 atom stereocenters. The average Bonchev–Trinajstić information content (AvgIpc) is 2.45. The zero-order chi connectivity index (χ0) is 15.5. The van der Waals surface area contributed by atoms with Crippen LogP contribution in [0.5, 0.6) is 0 Å². The maximum absolute atomic E-state index is 13.0. The fourth-order valence-corrected chi connectivity index (χ4v) is 4.12. The zero-order valence-electron chi connectivity index (χ0n) is 13.0. The molecule has 2 unspecified atom stereocenters. The van der Waals surface area contributed by atoms with E-state index in [-0.39, 0.29) is 6.04 Å². The van der Waals surface area contributed by atoms with Gasteiger partial charge in [0.1, 0.15) is 0 Å². The number of rotatable bonds is 4. The maximum atomic E-state index is 13.0. The Balaban J connectivity index is 2.00. The zero-order valence-corrected chi connectivity index (χ0v) is 13.0. The van der Waals surface area contributed by atoms with E-state index in [0.29, 0.717) is 31.3 Å². The summed E-state index contributed by atoms with van der Waals surface area (Å²) >= 11 is 0. The van der Waals surface area contributed by atoms with E-state index in [4.69, 9.17) is 5.73 Å². The first-order valence-electron chi connectivity index (χ1n) is 8.49. The second-order valence-electron chi connectivity index (χ2n) is 6.87. The third kappa shape index (κ3) is 4.59. The second-order valence-corrected chi connectivity index (χ2v) is 6.87. The average molecular weight is 306 g/mol. The van der Waals surface area contributed by atoms with Crippen LogP contribution < -0.4 is 5.73 Å². The van der Waals surface area contributed by atoms with Gasteiger partial charge in [-0.1, -0.05) is 13.3 Å². The summed E-state index contributed by atoms with van der Waals surface area (Å²) in [6.07, 6.45) is 3.36. The number of nitrogens with zero attached hydrogens (tertiary/aromatic N) is 1. The number of halogens is 3. The lowest BCUT2D eigenvalue weighted by molar-refractivity contribution is -0.187. The molecule has 0 bridgehead atoms. The van der Waals surface area contributed by atoms with Crippen molar-refractivity contribution in [1.29, 1.82) is 0 Å². The molecular formula is C16H29F3N2. The lowest BCUT2D eigenvalue weighted by atomic mass is 9.82. The summed E-state index contributed by atoms with van der Waals surface area (Å²) < 4.78 is 39.1. The van der Waals surface area contributed by atoms with Crippen molar-refractivity contribution >= 4 is 0 Å². The summed E-state index contributed by atoms with van der Waals surface area (Å²) in [6, 6.07) is 0.852. The molecule has 5 heteroatoms. The highest BCUT2D eigenvalue weighted by Gasteiger charge is 2.44. The van der Waals surface area contributed by atoms with Gasteiger partial charge < -0.3 is 5.73 Å². The third-order valence-electron chi connectivity index (χ3n) is 5.27. The Kier molecular flexibility index (Phi) is 5.95. The standard InChI is InChI=1S/C16H29F3N2/c1-2-10-21(14-8-6-13(20)7-9-14)15-5-3-4-12(11-15)16(17,18)19/h12-15H,2-11,20H2,1H3. The SMILES string of the molecule is CCCN(C1CCC(N)CC1)C1CCCC(C(F)(F)F)C1. The van der Waals surface area contributed by atoms with Gasteiger partial charge in [0.05, 0.1) is 5.92 Å². The van der Waals surface area contributed by atoms with Gasteiger partial charge in [0.15, 0.2) is 0 Å². The Labute approximate surface area is 126 Å². The highest BCUT2D eigenvalue weighted by molar-refractivity contribution is 4.89. The molecule has 2 N–H and O–H groups in total. The fourth-order valence-electron chi connectivity index (χ4n) is 4.12. The first kappa shape index (κ1) is 17.1. The second kappa shape index (κ2) is 7.32. The first-order valence-corrected chi connectivity index (χ1v) is 8.49. The van der Waals surface area contributed by atoms with Crippen LogP contribution in [0.3, 0.4) is 0 Å². The van der Waals surface area contributed by atoms with Crippen molar-refractivity contribution in [2.75, 3.05) is 6.54 Å². The minimum absolute atomic E-state index is 0.115. The fraction of sp³-hybridized carbons (Fsp3) is 1.00. The summed E-state index contributed by atoms with van der Waals surface area (Å²) in [7, 11) is 0. The minimum atomic E-state index is -4.02. The van der Waals surface area contributed by atoms with Crippen LogP contribution in [0.4, 0.5) is 13.2 Å². The summed E-state index contributed by atoms with van der Waals surface area (Å²) in [5, 5.41) is 0. The summed E-state index contributed by atoms with van der Waals surface area (Å²) in [6.45, 7) is 3.04. The van der Waals surface area contributed by atoms with Crippen molar-refractivity contribution in [2.24, 2.45) is 11.7 Å². The molecule has 0 saturated heterocycles. The van der Waals surface area contributed by atoms with Crippen LogP contribution in [0.15, 0.2) is 0 Å². The molecule has 0 aliphatic heterocycles. The number of nitrogens with two attached hydrogens (primary N) is 1. The predicted octanol–water partition coefficient (Wildman–Crippen LogP) is 4.09. The Morgan fingerprint density at radius 1 is 1.00 bits per heavy atom. The van der Waals surface area contributed by atoms with Crippen LogP contribution in [0, 0.1) is 5.92 Å². The molecule has 0 aromatic heterocycles. The molecular weight excluding hydrogens is 277 g/mol. The van der Waals surface area contributed by atoms with Gasteiger partial charge >= 0.3 is 6.18 Å². The van der Waals surface area contributed by atoms with E-state index in [1.54, 1.807) is 0 Å². The third-order valence-corrected chi connectivity index (χ3v) is 5.27. The molecule has 0 aromatic rings. The monoisotopic (exact) mass is 306 g/mol. The smallest absolute Gasteiger partial charge is 0.328 e. The molecule has 2 rings (SSSR count). The van der Waals surface area contributed by atoms with Crippen molar-refractivity contribution in [3.8, 4) is 0 Å². The Morgan fingerprint density at radius 2 is 1.67 bits per heavy atom. The van der Waals surface area contributed by atoms with Crippen LogP contribution >= 0.6 is 0 Å². The van der Waals surface area contributed by atoms with Crippen molar-refractivity contribution in [2.45, 2.75) is 89.0 Å². The van der Waals surface area contributed by atoms with Crippen LogP contribution in [-0.4, -0.2) is 35.7 Å². The highest BCUT2D eigenvalue weighted by atomic mass is 19.4. The Bertz CT molecular complexity index is 311. The van der Waals surface area contributed by atoms with Gasteiger partial charge in [0.25, 0.3) is 0 Å². The molecule has 2 aliphatic carbocycles. The summed E-state index contributed by atoms with van der Waals surface area (Å²) in [5.74, 6) is -1.10. The molecule has 21 heavy (non-hydrogen) atoms. The van der Waals surface area contributed by atoms with E-state index in [9.17, 15) is 13.2 Å². The molecule has 2 nitrogen and oxygen atoms in total. The minimum Gasteiger partial charge on any atom is -0.328 e. The van der Waals surface area contributed by atoms with Gasteiger partial charge in [-0.05, 0) is 57.9 Å². The predicted molar refractivity (Wildman–Crippen MR) is 79.0 cm³/mol. The molecule has 0 radical (unpaired) electrons. The van der Waals surface area contributed by atoms with Gasteiger partial charge in [0, 0.05) is 18.1 Å². The molecule has 2 saturated carbocycles. The van der Waals surface area contributed by atoms with Crippen LogP contribution in [0.2, 0.25) is 0 Å². The van der Waals surface area contributed by atoms with Crippen molar-refractivity contribution in [1.82, 2.24) is 4.90 Å². The van der Waals surface area contributed by atoms with Gasteiger partial charge in [-0.3, -0.25) is 4.90 Å².